The fourth-order valence-electron chi connectivity index (χ4n) is 5.81. The van der Waals surface area contributed by atoms with Gasteiger partial charge in [0.15, 0.2) is 9.84 Å². The number of carbonyl (C=O) groups excluding carboxylic acids is 1. The van der Waals surface area contributed by atoms with E-state index >= 15 is 0 Å². The monoisotopic (exact) mass is 498 g/mol. The summed E-state index contributed by atoms with van der Waals surface area (Å²) in [7, 11) is -3.39. The molecule has 1 unspecified atom stereocenters. The molecule has 2 aliphatic carbocycles. The Labute approximate surface area is 207 Å². The van der Waals surface area contributed by atoms with E-state index in [9.17, 15) is 23.1 Å². The van der Waals surface area contributed by atoms with Crippen molar-refractivity contribution in [1.82, 2.24) is 5.32 Å². The predicted molar refractivity (Wildman–Crippen MR) is 135 cm³/mol. The Hall–Kier alpha value is -2.87. The van der Waals surface area contributed by atoms with Crippen LogP contribution in [0, 0.1) is 11.3 Å². The molecular weight excluding hydrogens is 464 g/mol. The van der Waals surface area contributed by atoms with Crippen molar-refractivity contribution in [3.05, 3.63) is 59.7 Å². The summed E-state index contributed by atoms with van der Waals surface area (Å²) in [5, 5.41) is 15.1. The molecule has 8 heteroatoms. The summed E-state index contributed by atoms with van der Waals surface area (Å²) in [6.45, 7) is 0. The van der Waals surface area contributed by atoms with Gasteiger partial charge in [0.2, 0.25) is 0 Å². The van der Waals surface area contributed by atoms with Crippen LogP contribution in [0.2, 0.25) is 0 Å². The number of hydrogen-bond acceptors (Lipinski definition) is 4. The molecule has 2 saturated carbocycles. The first-order valence-electron chi connectivity index (χ1n) is 12.4. The number of anilines is 1. The molecule has 3 N–H and O–H groups in total. The third kappa shape index (κ3) is 6.23. The number of sulfone groups is 1. The SMILES string of the molecule is CS(=O)(=O)c1cccc(NC(=O)NC(c2ccc(C(=O)O)cc2)C2CCC3(CCCCC3)CC2)c1. The molecule has 7 nitrogen and oxygen atoms in total. The number of urea groups is 1. The minimum Gasteiger partial charge on any atom is -0.478 e. The first-order valence-corrected chi connectivity index (χ1v) is 14.3. The van der Waals surface area contributed by atoms with Crippen molar-refractivity contribution in [2.75, 3.05) is 11.6 Å². The van der Waals surface area contributed by atoms with Crippen molar-refractivity contribution < 1.29 is 23.1 Å². The molecule has 2 aromatic carbocycles. The first-order chi connectivity index (χ1) is 16.7. The number of hydrogen-bond donors (Lipinski definition) is 3. The average molecular weight is 499 g/mol. The number of carboxylic acid groups (broad SMARTS) is 1. The molecule has 2 fully saturated rings. The second-order valence-corrected chi connectivity index (χ2v) is 12.2. The number of rotatable bonds is 6. The van der Waals surface area contributed by atoms with Crippen molar-refractivity contribution in [3.8, 4) is 0 Å². The number of benzene rings is 2. The quantitative estimate of drug-likeness (QED) is 0.466. The topological polar surface area (TPSA) is 113 Å². The van der Waals surface area contributed by atoms with E-state index in [1.807, 2.05) is 0 Å². The van der Waals surface area contributed by atoms with Gasteiger partial charge in [-0.15, -0.1) is 0 Å². The van der Waals surface area contributed by atoms with Gasteiger partial charge in [0.1, 0.15) is 0 Å². The van der Waals surface area contributed by atoms with Gasteiger partial charge in [-0.1, -0.05) is 37.5 Å². The molecule has 2 aliphatic rings. The second kappa shape index (κ2) is 10.4. The number of amides is 2. The lowest BCUT2D eigenvalue weighted by Gasteiger charge is -2.45. The van der Waals surface area contributed by atoms with Crippen LogP contribution >= 0.6 is 0 Å². The van der Waals surface area contributed by atoms with Crippen molar-refractivity contribution >= 4 is 27.5 Å². The Balaban J connectivity index is 1.51. The lowest BCUT2D eigenvalue weighted by molar-refractivity contribution is 0.0696. The van der Waals surface area contributed by atoms with E-state index in [1.54, 1.807) is 36.4 Å². The highest BCUT2D eigenvalue weighted by atomic mass is 32.2. The van der Waals surface area contributed by atoms with E-state index in [0.29, 0.717) is 11.1 Å². The van der Waals surface area contributed by atoms with Gasteiger partial charge in [0.05, 0.1) is 16.5 Å². The van der Waals surface area contributed by atoms with E-state index in [-0.39, 0.29) is 22.4 Å². The molecule has 1 spiro atoms. The Morgan fingerprint density at radius 3 is 2.23 bits per heavy atom. The van der Waals surface area contributed by atoms with Gasteiger partial charge in [-0.2, -0.15) is 0 Å². The normalized spacial score (nSPS) is 19.1. The maximum absolute atomic E-state index is 13.0. The minimum absolute atomic E-state index is 0.140. The van der Waals surface area contributed by atoms with Crippen molar-refractivity contribution in [1.29, 1.82) is 0 Å². The predicted octanol–water partition coefficient (Wildman–Crippen LogP) is 5.79. The average Bonchev–Trinajstić information content (AvgIpc) is 2.83. The fourth-order valence-corrected chi connectivity index (χ4v) is 6.47. The van der Waals surface area contributed by atoms with E-state index in [0.717, 1.165) is 37.5 Å². The van der Waals surface area contributed by atoms with Crippen molar-refractivity contribution in [2.45, 2.75) is 68.7 Å². The largest absolute Gasteiger partial charge is 0.478 e. The summed E-state index contributed by atoms with van der Waals surface area (Å²) in [5.74, 6) is -0.743. The van der Waals surface area contributed by atoms with E-state index < -0.39 is 21.8 Å². The lowest BCUT2D eigenvalue weighted by atomic mass is 9.62. The first kappa shape index (κ1) is 25.2. The molecule has 2 aromatic rings. The number of aromatic carboxylic acids is 1. The third-order valence-corrected chi connectivity index (χ3v) is 8.91. The van der Waals surface area contributed by atoms with E-state index in [4.69, 9.17) is 0 Å². The highest BCUT2D eigenvalue weighted by Gasteiger charge is 2.39. The van der Waals surface area contributed by atoms with Gasteiger partial charge in [-0.05, 0) is 85.8 Å². The Morgan fingerprint density at radius 1 is 0.971 bits per heavy atom. The summed E-state index contributed by atoms with van der Waals surface area (Å²) in [4.78, 5) is 24.5. The van der Waals surface area contributed by atoms with Crippen LogP contribution in [-0.2, 0) is 9.84 Å². The van der Waals surface area contributed by atoms with Crippen LogP contribution in [0.3, 0.4) is 0 Å². The molecule has 0 radical (unpaired) electrons. The molecule has 0 bridgehead atoms. The van der Waals surface area contributed by atoms with Crippen LogP contribution in [0.25, 0.3) is 0 Å². The van der Waals surface area contributed by atoms with Crippen LogP contribution in [0.4, 0.5) is 10.5 Å². The second-order valence-electron chi connectivity index (χ2n) is 10.2. The fraction of sp³-hybridized carbons (Fsp3) is 0.481. The number of nitrogens with one attached hydrogen (secondary N) is 2. The van der Waals surface area contributed by atoms with Crippen molar-refractivity contribution in [3.63, 3.8) is 0 Å². The van der Waals surface area contributed by atoms with Crippen LogP contribution < -0.4 is 10.6 Å². The van der Waals surface area contributed by atoms with Crippen LogP contribution in [0.5, 0.6) is 0 Å². The molecule has 35 heavy (non-hydrogen) atoms. The van der Waals surface area contributed by atoms with E-state index in [2.05, 4.69) is 10.6 Å². The molecule has 0 aromatic heterocycles. The van der Waals surface area contributed by atoms with Crippen LogP contribution in [-0.4, -0.2) is 31.8 Å². The number of carboxylic acids is 1. The minimum atomic E-state index is -3.39. The summed E-state index contributed by atoms with van der Waals surface area (Å²) < 4.78 is 23.7. The zero-order valence-corrected chi connectivity index (χ0v) is 20.9. The van der Waals surface area contributed by atoms with Gasteiger partial charge in [-0.3, -0.25) is 0 Å². The van der Waals surface area contributed by atoms with Gasteiger partial charge in [-0.25, -0.2) is 18.0 Å². The van der Waals surface area contributed by atoms with Gasteiger partial charge >= 0.3 is 12.0 Å². The molecule has 2 amide bonds. The summed E-state index contributed by atoms with van der Waals surface area (Å²) in [6.07, 6.45) is 12.0. The van der Waals surface area contributed by atoms with Crippen molar-refractivity contribution in [2.24, 2.45) is 11.3 Å². The number of carbonyl (C=O) groups is 2. The third-order valence-electron chi connectivity index (χ3n) is 7.80. The molecule has 0 aliphatic heterocycles. The summed E-state index contributed by atoms with van der Waals surface area (Å²) in [6, 6.07) is 12.2. The maximum Gasteiger partial charge on any atom is 0.335 e. The van der Waals surface area contributed by atoms with Crippen LogP contribution in [0.1, 0.15) is 79.8 Å². The molecule has 4 rings (SSSR count). The lowest BCUT2D eigenvalue weighted by Crippen LogP contribution is -2.39. The van der Waals surface area contributed by atoms with E-state index in [1.165, 1.54) is 44.2 Å². The Morgan fingerprint density at radius 2 is 1.63 bits per heavy atom. The summed E-state index contributed by atoms with van der Waals surface area (Å²) >= 11 is 0. The highest BCUT2D eigenvalue weighted by molar-refractivity contribution is 7.90. The van der Waals surface area contributed by atoms with Gasteiger partial charge in [0, 0.05) is 11.9 Å². The zero-order valence-electron chi connectivity index (χ0n) is 20.1. The van der Waals surface area contributed by atoms with Crippen LogP contribution in [0.15, 0.2) is 53.4 Å². The standard InChI is InChI=1S/C27H34N2O5S/c1-35(33,34)23-7-5-6-22(18-23)28-26(32)29-24(19-8-10-21(11-9-19)25(30)31)20-12-16-27(17-13-20)14-3-2-4-15-27/h5-11,18,20,24H,2-4,12-17H2,1H3,(H,30,31)(H2,28,29,32). The van der Waals surface area contributed by atoms with Gasteiger partial charge < -0.3 is 15.7 Å². The molecule has 188 valence electrons. The summed E-state index contributed by atoms with van der Waals surface area (Å²) in [5.41, 5.74) is 1.93. The Kier molecular flexibility index (Phi) is 7.50. The molecular formula is C27H34N2O5S. The Bertz CT molecular complexity index is 1160. The highest BCUT2D eigenvalue weighted by Crippen LogP contribution is 2.50. The smallest absolute Gasteiger partial charge is 0.335 e. The molecule has 0 saturated heterocycles. The zero-order chi connectivity index (χ0) is 25.1. The molecule has 1 atom stereocenters. The maximum atomic E-state index is 13.0. The molecule has 0 heterocycles. The van der Waals surface area contributed by atoms with Gasteiger partial charge in [0.25, 0.3) is 0 Å².